The van der Waals surface area contributed by atoms with Crippen LogP contribution in [0.15, 0.2) is 41.3 Å². The second-order valence-electron chi connectivity index (χ2n) is 11.3. The van der Waals surface area contributed by atoms with Crippen molar-refractivity contribution in [2.75, 3.05) is 25.1 Å². The number of halogens is 2. The van der Waals surface area contributed by atoms with Crippen molar-refractivity contribution in [1.29, 1.82) is 0 Å². The van der Waals surface area contributed by atoms with Gasteiger partial charge in [0, 0.05) is 30.7 Å². The van der Waals surface area contributed by atoms with Crippen LogP contribution in [-0.2, 0) is 5.41 Å². The average Bonchev–Trinajstić information content (AvgIpc) is 3.77. The number of pyridine rings is 1. The first kappa shape index (κ1) is 25.8. The maximum atomic E-state index is 16.3. The number of carbonyl (C=O) groups is 1. The number of aromatic carboxylic acids is 1. The number of benzene rings is 2. The van der Waals surface area contributed by atoms with Crippen LogP contribution in [0.4, 0.5) is 14.5 Å². The molecular weight excluding hydrogens is 506 g/mol. The van der Waals surface area contributed by atoms with Gasteiger partial charge in [-0.2, -0.15) is 0 Å². The third-order valence-corrected chi connectivity index (χ3v) is 9.23. The summed E-state index contributed by atoms with van der Waals surface area (Å²) in [5.41, 5.74) is -2.37. The van der Waals surface area contributed by atoms with Crippen molar-refractivity contribution in [2.24, 2.45) is 0 Å². The fourth-order valence-corrected chi connectivity index (χ4v) is 7.01. The number of aromatic nitrogens is 1. The van der Waals surface area contributed by atoms with E-state index in [4.69, 9.17) is 4.74 Å². The van der Waals surface area contributed by atoms with E-state index >= 15 is 8.78 Å². The molecular formula is C30H32F2N2O5. The number of fused-ring (bicyclic) bond motifs is 2. The summed E-state index contributed by atoms with van der Waals surface area (Å²) in [7, 11) is 1.60. The van der Waals surface area contributed by atoms with Crippen molar-refractivity contribution in [3.05, 3.63) is 69.5 Å². The Kier molecular flexibility index (Phi) is 6.17. The third kappa shape index (κ3) is 4.01. The van der Waals surface area contributed by atoms with Gasteiger partial charge in [0.1, 0.15) is 22.8 Å². The van der Waals surface area contributed by atoms with Crippen LogP contribution in [0.2, 0.25) is 0 Å². The van der Waals surface area contributed by atoms with Gasteiger partial charge >= 0.3 is 5.97 Å². The highest BCUT2D eigenvalue weighted by molar-refractivity contribution is 5.94. The molecule has 2 heterocycles. The summed E-state index contributed by atoms with van der Waals surface area (Å²) in [6.07, 6.45) is 6.62. The van der Waals surface area contributed by atoms with Gasteiger partial charge in [0.2, 0.25) is 5.43 Å². The molecule has 2 aromatic carbocycles. The molecule has 1 aromatic heterocycles. The lowest BCUT2D eigenvalue weighted by Gasteiger charge is -2.50. The molecule has 0 amide bonds. The van der Waals surface area contributed by atoms with E-state index in [1.165, 1.54) is 10.8 Å². The topological polar surface area (TPSA) is 92.0 Å². The van der Waals surface area contributed by atoms with Gasteiger partial charge in [-0.25, -0.2) is 13.6 Å². The van der Waals surface area contributed by atoms with Gasteiger partial charge < -0.3 is 24.4 Å². The smallest absolute Gasteiger partial charge is 0.341 e. The molecule has 2 atom stereocenters. The van der Waals surface area contributed by atoms with Gasteiger partial charge in [-0.15, -0.1) is 0 Å². The molecule has 0 spiro atoms. The van der Waals surface area contributed by atoms with E-state index in [-0.39, 0.29) is 29.2 Å². The van der Waals surface area contributed by atoms with Gasteiger partial charge in [0.15, 0.2) is 5.82 Å². The van der Waals surface area contributed by atoms with Crippen LogP contribution in [-0.4, -0.2) is 46.5 Å². The maximum absolute atomic E-state index is 16.3. The highest BCUT2D eigenvalue weighted by Crippen LogP contribution is 2.53. The number of ether oxygens (including phenoxy) is 1. The minimum absolute atomic E-state index is 0.0632. The molecule has 3 aliphatic rings. The Bertz CT molecular complexity index is 1530. The first-order valence-corrected chi connectivity index (χ1v) is 13.6. The predicted octanol–water partition coefficient (Wildman–Crippen LogP) is 5.16. The van der Waals surface area contributed by atoms with Crippen molar-refractivity contribution in [1.82, 2.24) is 4.57 Å². The molecule has 1 saturated heterocycles. The number of hydrogen-bond acceptors (Lipinski definition) is 5. The second kappa shape index (κ2) is 9.33. The summed E-state index contributed by atoms with van der Waals surface area (Å²) in [6, 6.07) is 8.57. The number of methoxy groups -OCH3 is 1. The molecule has 2 saturated carbocycles. The summed E-state index contributed by atoms with van der Waals surface area (Å²) >= 11 is 0. The molecule has 0 radical (unpaired) electrons. The van der Waals surface area contributed by atoms with E-state index in [1.807, 2.05) is 24.3 Å². The van der Waals surface area contributed by atoms with Crippen LogP contribution in [0.1, 0.15) is 73.3 Å². The van der Waals surface area contributed by atoms with E-state index in [9.17, 15) is 19.8 Å². The van der Waals surface area contributed by atoms with Crippen molar-refractivity contribution >= 4 is 22.6 Å². The molecule has 3 fully saturated rings. The van der Waals surface area contributed by atoms with Crippen molar-refractivity contribution in [2.45, 2.75) is 68.4 Å². The van der Waals surface area contributed by atoms with E-state index in [2.05, 4.69) is 0 Å². The zero-order valence-corrected chi connectivity index (χ0v) is 21.9. The Balaban J connectivity index is 1.47. The molecule has 39 heavy (non-hydrogen) atoms. The lowest BCUT2D eigenvalue weighted by molar-refractivity contribution is -0.0731. The summed E-state index contributed by atoms with van der Waals surface area (Å²) in [5, 5.41) is 21.4. The standard InChI is InChI=1S/C30H32F2N2O5/c1-39-20-6-4-5-18(15-20)29-9-2-3-10-30(29,38)12-14-33(13-11-29)26-23(31)16-21-25(24(26)32)34(19-7-8-19)17-22(27(21)35)28(36)37/h4-6,15-17,19,38H,2-3,7-14H2,1H3,(H,36,37)/t29-,30-/m0/s1. The molecule has 206 valence electrons. The Labute approximate surface area is 224 Å². The summed E-state index contributed by atoms with van der Waals surface area (Å²) in [5.74, 6) is -2.50. The number of nitrogens with zero attached hydrogens (tertiary/aromatic N) is 2. The number of carboxylic acid groups (broad SMARTS) is 1. The van der Waals surface area contributed by atoms with Gasteiger partial charge in [0.25, 0.3) is 0 Å². The number of anilines is 1. The molecule has 1 aliphatic heterocycles. The van der Waals surface area contributed by atoms with Crippen LogP contribution in [0.5, 0.6) is 5.75 Å². The number of aliphatic hydroxyl groups is 1. The maximum Gasteiger partial charge on any atom is 0.341 e. The largest absolute Gasteiger partial charge is 0.497 e. The van der Waals surface area contributed by atoms with Crippen LogP contribution >= 0.6 is 0 Å². The summed E-state index contributed by atoms with van der Waals surface area (Å²) in [4.78, 5) is 26.2. The predicted molar refractivity (Wildman–Crippen MR) is 143 cm³/mol. The minimum atomic E-state index is -1.42. The van der Waals surface area contributed by atoms with Gasteiger partial charge in [-0.3, -0.25) is 4.79 Å². The molecule has 7 nitrogen and oxygen atoms in total. The highest BCUT2D eigenvalue weighted by Gasteiger charge is 2.54. The fourth-order valence-electron chi connectivity index (χ4n) is 7.01. The van der Waals surface area contributed by atoms with Crippen molar-refractivity contribution in [3.8, 4) is 5.75 Å². The monoisotopic (exact) mass is 538 g/mol. The van der Waals surface area contributed by atoms with Crippen LogP contribution < -0.4 is 15.1 Å². The first-order valence-electron chi connectivity index (χ1n) is 13.6. The minimum Gasteiger partial charge on any atom is -0.497 e. The third-order valence-electron chi connectivity index (χ3n) is 9.23. The molecule has 2 N–H and O–H groups in total. The van der Waals surface area contributed by atoms with Gasteiger partial charge in [0.05, 0.1) is 23.6 Å². The van der Waals surface area contributed by atoms with E-state index in [0.29, 0.717) is 31.6 Å². The van der Waals surface area contributed by atoms with Crippen LogP contribution in [0, 0.1) is 11.6 Å². The van der Waals surface area contributed by atoms with Crippen molar-refractivity contribution < 1.29 is 28.5 Å². The van der Waals surface area contributed by atoms with E-state index in [1.54, 1.807) is 12.0 Å². The Morgan fingerprint density at radius 1 is 1.08 bits per heavy atom. The molecule has 2 aliphatic carbocycles. The van der Waals surface area contributed by atoms with Gasteiger partial charge in [-0.1, -0.05) is 25.0 Å². The molecule has 6 rings (SSSR count). The zero-order valence-electron chi connectivity index (χ0n) is 21.9. The summed E-state index contributed by atoms with van der Waals surface area (Å²) < 4.78 is 39.0. The second-order valence-corrected chi connectivity index (χ2v) is 11.3. The zero-order chi connectivity index (χ0) is 27.5. The number of carboxylic acids is 1. The SMILES string of the molecule is COc1cccc([C@@]23CCCC[C@]2(O)CCN(c2c(F)cc4c(=O)c(C(=O)O)cn(C5CC5)c4c2F)CC3)c1. The average molecular weight is 539 g/mol. The quantitative estimate of drug-likeness (QED) is 0.466. The van der Waals surface area contributed by atoms with Crippen molar-refractivity contribution in [3.63, 3.8) is 0 Å². The molecule has 9 heteroatoms. The Morgan fingerprint density at radius 3 is 2.54 bits per heavy atom. The molecule has 0 unspecified atom stereocenters. The van der Waals surface area contributed by atoms with E-state index < -0.39 is 39.6 Å². The summed E-state index contributed by atoms with van der Waals surface area (Å²) in [6.45, 7) is 0.544. The normalized spacial score (nSPS) is 25.3. The van der Waals surface area contributed by atoms with Crippen LogP contribution in [0.25, 0.3) is 10.9 Å². The molecule has 3 aromatic rings. The number of rotatable bonds is 5. The molecule has 0 bridgehead atoms. The number of hydrogen-bond donors (Lipinski definition) is 2. The lowest BCUT2D eigenvalue weighted by atomic mass is 9.57. The van der Waals surface area contributed by atoms with Gasteiger partial charge in [-0.05, 0) is 62.3 Å². The highest BCUT2D eigenvalue weighted by atomic mass is 19.1. The van der Waals surface area contributed by atoms with E-state index in [0.717, 1.165) is 43.7 Å². The fraction of sp³-hybridized carbons (Fsp3) is 0.467. The lowest BCUT2D eigenvalue weighted by Crippen LogP contribution is -2.53. The first-order chi connectivity index (χ1) is 18.7. The Morgan fingerprint density at radius 2 is 1.82 bits per heavy atom. The Hall–Kier alpha value is -3.46. The van der Waals surface area contributed by atoms with Crippen LogP contribution in [0.3, 0.4) is 0 Å².